The van der Waals surface area contributed by atoms with Crippen LogP contribution in [0.1, 0.15) is 57.2 Å². The van der Waals surface area contributed by atoms with Crippen molar-refractivity contribution in [3.8, 4) is 0 Å². The lowest BCUT2D eigenvalue weighted by molar-refractivity contribution is -0.123. The van der Waals surface area contributed by atoms with E-state index in [0.717, 1.165) is 12.1 Å². The van der Waals surface area contributed by atoms with Gasteiger partial charge in [0.15, 0.2) is 0 Å². The fourth-order valence-corrected chi connectivity index (χ4v) is 3.21. The van der Waals surface area contributed by atoms with Crippen LogP contribution in [0.15, 0.2) is 36.5 Å². The molecular weight excluding hydrogens is 300 g/mol. The first-order chi connectivity index (χ1) is 11.5. The summed E-state index contributed by atoms with van der Waals surface area (Å²) < 4.78 is 1.64. The van der Waals surface area contributed by atoms with Gasteiger partial charge in [-0.3, -0.25) is 4.79 Å². The molecule has 5 nitrogen and oxygen atoms in total. The van der Waals surface area contributed by atoms with E-state index in [1.165, 1.54) is 18.4 Å². The Morgan fingerprint density at radius 1 is 1.33 bits per heavy atom. The molecule has 24 heavy (non-hydrogen) atoms. The largest absolute Gasteiger partial charge is 0.351 e. The van der Waals surface area contributed by atoms with Gasteiger partial charge in [-0.25, -0.2) is 4.68 Å². The van der Waals surface area contributed by atoms with Crippen LogP contribution in [0.3, 0.4) is 0 Å². The van der Waals surface area contributed by atoms with E-state index in [-0.39, 0.29) is 23.9 Å². The summed E-state index contributed by atoms with van der Waals surface area (Å²) in [5, 5.41) is 11.4. The molecule has 1 atom stereocenters. The fourth-order valence-electron chi connectivity index (χ4n) is 3.21. The van der Waals surface area contributed by atoms with Gasteiger partial charge >= 0.3 is 0 Å². The molecule has 0 aliphatic heterocycles. The number of aromatic nitrogens is 3. The van der Waals surface area contributed by atoms with E-state index in [0.29, 0.717) is 5.92 Å². The molecule has 3 rings (SSSR count). The van der Waals surface area contributed by atoms with E-state index in [1.807, 2.05) is 24.4 Å². The minimum atomic E-state index is -0.132. The second-order valence-electron chi connectivity index (χ2n) is 7.23. The van der Waals surface area contributed by atoms with Crippen LogP contribution in [0.4, 0.5) is 0 Å². The topological polar surface area (TPSA) is 59.8 Å². The van der Waals surface area contributed by atoms with E-state index < -0.39 is 0 Å². The van der Waals surface area contributed by atoms with E-state index in [4.69, 9.17) is 0 Å². The van der Waals surface area contributed by atoms with Crippen LogP contribution in [0.2, 0.25) is 0 Å². The predicted octanol–water partition coefficient (Wildman–Crippen LogP) is 3.03. The van der Waals surface area contributed by atoms with E-state index in [1.54, 1.807) is 4.68 Å². The summed E-state index contributed by atoms with van der Waals surface area (Å²) in [5.41, 5.74) is 2.11. The summed E-state index contributed by atoms with van der Waals surface area (Å²) in [7, 11) is 0. The highest BCUT2D eigenvalue weighted by molar-refractivity contribution is 5.76. The van der Waals surface area contributed by atoms with E-state index in [9.17, 15) is 4.79 Å². The second-order valence-corrected chi connectivity index (χ2v) is 7.23. The van der Waals surface area contributed by atoms with Gasteiger partial charge in [-0.05, 0) is 24.8 Å². The zero-order valence-electron chi connectivity index (χ0n) is 14.7. The van der Waals surface area contributed by atoms with Crippen LogP contribution in [-0.2, 0) is 16.8 Å². The molecule has 0 saturated heterocycles. The van der Waals surface area contributed by atoms with E-state index in [2.05, 4.69) is 48.5 Å². The molecule has 1 amide bonds. The highest BCUT2D eigenvalue weighted by Gasteiger charge is 2.31. The SMILES string of the molecule is CCC(NC(=O)Cn1cc(C2CC2)nn1)C(C)(C)c1ccccc1. The third-order valence-corrected chi connectivity index (χ3v) is 4.99. The lowest BCUT2D eigenvalue weighted by atomic mass is 9.76. The molecule has 1 aromatic carbocycles. The Labute approximate surface area is 143 Å². The van der Waals surface area contributed by atoms with Gasteiger partial charge in [-0.15, -0.1) is 5.10 Å². The van der Waals surface area contributed by atoms with Gasteiger partial charge in [0, 0.05) is 23.6 Å². The number of carbonyl (C=O) groups is 1. The van der Waals surface area contributed by atoms with Gasteiger partial charge in [0.05, 0.1) is 5.69 Å². The molecule has 1 fully saturated rings. The fraction of sp³-hybridized carbons (Fsp3) is 0.526. The molecule has 1 heterocycles. The molecule has 1 unspecified atom stereocenters. The molecule has 0 bridgehead atoms. The monoisotopic (exact) mass is 326 g/mol. The Morgan fingerprint density at radius 3 is 2.67 bits per heavy atom. The summed E-state index contributed by atoms with van der Waals surface area (Å²) in [6.45, 7) is 6.69. The molecule has 0 spiro atoms. The molecule has 1 aromatic heterocycles. The number of nitrogens with one attached hydrogen (secondary N) is 1. The van der Waals surface area contributed by atoms with Gasteiger partial charge in [0.1, 0.15) is 6.54 Å². The van der Waals surface area contributed by atoms with Crippen LogP contribution in [-0.4, -0.2) is 26.9 Å². The molecule has 5 heteroatoms. The number of benzene rings is 1. The Balaban J connectivity index is 1.64. The van der Waals surface area contributed by atoms with Gasteiger partial charge < -0.3 is 5.32 Å². The lowest BCUT2D eigenvalue weighted by Gasteiger charge is -2.35. The van der Waals surface area contributed by atoms with Crippen molar-refractivity contribution in [2.24, 2.45) is 0 Å². The maximum absolute atomic E-state index is 12.5. The van der Waals surface area contributed by atoms with Gasteiger partial charge in [-0.1, -0.05) is 56.3 Å². The summed E-state index contributed by atoms with van der Waals surface area (Å²) in [5.74, 6) is 0.542. The van der Waals surface area contributed by atoms with Crippen molar-refractivity contribution in [1.82, 2.24) is 20.3 Å². The van der Waals surface area contributed by atoms with Crippen molar-refractivity contribution in [2.45, 2.75) is 64.0 Å². The van der Waals surface area contributed by atoms with E-state index >= 15 is 0 Å². The molecule has 1 saturated carbocycles. The Morgan fingerprint density at radius 2 is 2.04 bits per heavy atom. The predicted molar refractivity (Wildman–Crippen MR) is 93.7 cm³/mol. The molecule has 128 valence electrons. The normalized spacial score (nSPS) is 16.0. The highest BCUT2D eigenvalue weighted by Crippen LogP contribution is 2.38. The lowest BCUT2D eigenvalue weighted by Crippen LogP contribution is -2.48. The first kappa shape index (κ1) is 16.7. The number of rotatable bonds is 7. The smallest absolute Gasteiger partial charge is 0.242 e. The molecule has 2 aromatic rings. The number of carbonyl (C=O) groups excluding carboxylic acids is 1. The van der Waals surface area contributed by atoms with Crippen LogP contribution >= 0.6 is 0 Å². The van der Waals surface area contributed by atoms with Crippen LogP contribution < -0.4 is 5.32 Å². The molecular formula is C19H26N4O. The average Bonchev–Trinajstić information content (AvgIpc) is 3.33. The number of nitrogens with zero attached hydrogens (tertiary/aromatic N) is 3. The Kier molecular flexibility index (Phi) is 4.69. The average molecular weight is 326 g/mol. The maximum Gasteiger partial charge on any atom is 0.242 e. The zero-order chi connectivity index (χ0) is 17.2. The minimum Gasteiger partial charge on any atom is -0.351 e. The van der Waals surface area contributed by atoms with Gasteiger partial charge in [-0.2, -0.15) is 0 Å². The minimum absolute atomic E-state index is 0.0156. The third kappa shape index (κ3) is 3.66. The molecule has 1 aliphatic carbocycles. The first-order valence-corrected chi connectivity index (χ1v) is 8.75. The van der Waals surface area contributed by atoms with Crippen LogP contribution in [0.5, 0.6) is 0 Å². The summed E-state index contributed by atoms with van der Waals surface area (Å²) in [6, 6.07) is 10.4. The van der Waals surface area contributed by atoms with Gasteiger partial charge in [0.25, 0.3) is 0 Å². The maximum atomic E-state index is 12.5. The number of hydrogen-bond acceptors (Lipinski definition) is 3. The van der Waals surface area contributed by atoms with Gasteiger partial charge in [0.2, 0.25) is 5.91 Å². The Hall–Kier alpha value is -2.17. The Bertz CT molecular complexity index is 688. The van der Waals surface area contributed by atoms with Crippen LogP contribution in [0.25, 0.3) is 0 Å². The van der Waals surface area contributed by atoms with Crippen molar-refractivity contribution in [1.29, 1.82) is 0 Å². The molecule has 1 aliphatic rings. The zero-order valence-corrected chi connectivity index (χ0v) is 14.7. The van der Waals surface area contributed by atoms with Crippen molar-refractivity contribution in [3.63, 3.8) is 0 Å². The van der Waals surface area contributed by atoms with Crippen molar-refractivity contribution >= 4 is 5.91 Å². The number of hydrogen-bond donors (Lipinski definition) is 1. The highest BCUT2D eigenvalue weighted by atomic mass is 16.2. The third-order valence-electron chi connectivity index (χ3n) is 4.99. The van der Waals surface area contributed by atoms with Crippen molar-refractivity contribution in [2.75, 3.05) is 0 Å². The molecule has 0 radical (unpaired) electrons. The summed E-state index contributed by atoms with van der Waals surface area (Å²) in [4.78, 5) is 12.5. The number of amides is 1. The standard InChI is InChI=1S/C19H26N4O/c1-4-17(19(2,3)15-8-6-5-7-9-15)20-18(24)13-23-12-16(21-22-23)14-10-11-14/h5-9,12,14,17H,4,10-11,13H2,1-3H3,(H,20,24). The van der Waals surface area contributed by atoms with Crippen molar-refractivity contribution < 1.29 is 4.79 Å². The summed E-state index contributed by atoms with van der Waals surface area (Å²) >= 11 is 0. The van der Waals surface area contributed by atoms with Crippen LogP contribution in [0, 0.1) is 0 Å². The quantitative estimate of drug-likeness (QED) is 0.851. The van der Waals surface area contributed by atoms with Crippen molar-refractivity contribution in [3.05, 3.63) is 47.8 Å². The first-order valence-electron chi connectivity index (χ1n) is 8.75. The summed E-state index contributed by atoms with van der Waals surface area (Å²) in [6.07, 6.45) is 5.15. The molecule has 1 N–H and O–H groups in total. The second kappa shape index (κ2) is 6.75.